The van der Waals surface area contributed by atoms with Gasteiger partial charge in [-0.2, -0.15) is 5.10 Å². The number of rotatable bonds is 11. The second kappa shape index (κ2) is 11.1. The van der Waals surface area contributed by atoms with Gasteiger partial charge in [0.15, 0.2) is 11.8 Å². The zero-order chi connectivity index (χ0) is 18.6. The first-order valence-electron chi connectivity index (χ1n) is 9.32. The average molecular weight is 358 g/mol. The van der Waals surface area contributed by atoms with Gasteiger partial charge in [0.25, 0.3) is 0 Å². The fraction of sp³-hybridized carbons (Fsp3) is 0.526. The van der Waals surface area contributed by atoms with E-state index < -0.39 is 0 Å². The molecule has 0 bridgehead atoms. The summed E-state index contributed by atoms with van der Waals surface area (Å²) in [5.74, 6) is 2.57. The Morgan fingerprint density at radius 3 is 2.62 bits per heavy atom. The van der Waals surface area contributed by atoms with E-state index in [-0.39, 0.29) is 0 Å². The van der Waals surface area contributed by atoms with Gasteiger partial charge in [-0.3, -0.25) is 5.10 Å². The average Bonchev–Trinajstić information content (AvgIpc) is 3.15. The van der Waals surface area contributed by atoms with Gasteiger partial charge in [0.2, 0.25) is 0 Å². The van der Waals surface area contributed by atoms with Crippen molar-refractivity contribution >= 4 is 5.96 Å². The molecule has 7 heteroatoms. The predicted molar refractivity (Wildman–Crippen MR) is 105 cm³/mol. The minimum atomic E-state index is 0.374. The second-order valence-electron chi connectivity index (χ2n) is 6.23. The molecule has 142 valence electrons. The van der Waals surface area contributed by atoms with Crippen molar-refractivity contribution in [2.45, 2.75) is 52.0 Å². The SMILES string of the molecule is CCCCCCCCNC(N)=NCc1nc(-c2ccc(OC)cc2)n[nH]1. The Kier molecular flexibility index (Phi) is 8.45. The predicted octanol–water partition coefficient (Wildman–Crippen LogP) is 3.25. The van der Waals surface area contributed by atoms with Crippen LogP contribution in [0.3, 0.4) is 0 Å². The van der Waals surface area contributed by atoms with E-state index in [2.05, 4.69) is 32.4 Å². The summed E-state index contributed by atoms with van der Waals surface area (Å²) in [6.45, 7) is 3.46. The molecule has 26 heavy (non-hydrogen) atoms. The molecule has 4 N–H and O–H groups in total. The molecule has 0 unspecified atom stereocenters. The largest absolute Gasteiger partial charge is 0.497 e. The molecule has 1 heterocycles. The number of aromatic nitrogens is 3. The van der Waals surface area contributed by atoms with E-state index in [0.717, 1.165) is 24.3 Å². The number of hydrogen-bond donors (Lipinski definition) is 3. The van der Waals surface area contributed by atoms with Gasteiger partial charge < -0.3 is 15.8 Å². The van der Waals surface area contributed by atoms with Gasteiger partial charge in [-0.05, 0) is 30.7 Å². The summed E-state index contributed by atoms with van der Waals surface area (Å²) in [5.41, 5.74) is 6.82. The van der Waals surface area contributed by atoms with E-state index >= 15 is 0 Å². The number of aliphatic imine (C=N–C) groups is 1. The lowest BCUT2D eigenvalue weighted by Gasteiger charge is -2.05. The highest BCUT2D eigenvalue weighted by Gasteiger charge is 2.06. The summed E-state index contributed by atoms with van der Waals surface area (Å²) < 4.78 is 5.15. The fourth-order valence-electron chi connectivity index (χ4n) is 2.57. The fourth-order valence-corrected chi connectivity index (χ4v) is 2.57. The van der Waals surface area contributed by atoms with Crippen LogP contribution in [0, 0.1) is 0 Å². The van der Waals surface area contributed by atoms with Crippen molar-refractivity contribution < 1.29 is 4.74 Å². The van der Waals surface area contributed by atoms with Gasteiger partial charge >= 0.3 is 0 Å². The van der Waals surface area contributed by atoms with E-state index in [9.17, 15) is 0 Å². The van der Waals surface area contributed by atoms with Crippen LogP contribution < -0.4 is 15.8 Å². The van der Waals surface area contributed by atoms with Crippen molar-refractivity contribution in [2.75, 3.05) is 13.7 Å². The summed E-state index contributed by atoms with van der Waals surface area (Å²) in [6, 6.07) is 7.61. The summed E-state index contributed by atoms with van der Waals surface area (Å²) in [6.07, 6.45) is 7.56. The van der Waals surface area contributed by atoms with Crippen molar-refractivity contribution in [1.29, 1.82) is 0 Å². The molecule has 0 saturated heterocycles. The number of ether oxygens (including phenoxy) is 1. The molecule has 0 aliphatic heterocycles. The summed E-state index contributed by atoms with van der Waals surface area (Å²) >= 11 is 0. The summed E-state index contributed by atoms with van der Waals surface area (Å²) in [4.78, 5) is 8.75. The number of methoxy groups -OCH3 is 1. The number of aromatic amines is 1. The zero-order valence-corrected chi connectivity index (χ0v) is 15.8. The minimum absolute atomic E-state index is 0.374. The van der Waals surface area contributed by atoms with Crippen LogP contribution in [0.25, 0.3) is 11.4 Å². The number of nitrogens with zero attached hydrogens (tertiary/aromatic N) is 3. The van der Waals surface area contributed by atoms with Gasteiger partial charge in [-0.15, -0.1) is 0 Å². The zero-order valence-electron chi connectivity index (χ0n) is 15.8. The summed E-state index contributed by atoms with van der Waals surface area (Å²) in [5, 5.41) is 10.3. The van der Waals surface area contributed by atoms with Gasteiger partial charge in [0.05, 0.1) is 7.11 Å². The number of nitrogens with one attached hydrogen (secondary N) is 2. The number of H-pyrrole nitrogens is 1. The quantitative estimate of drug-likeness (QED) is 0.325. The van der Waals surface area contributed by atoms with Crippen LogP contribution in [0.1, 0.15) is 51.3 Å². The number of nitrogens with two attached hydrogens (primary N) is 1. The lowest BCUT2D eigenvalue weighted by atomic mass is 10.1. The second-order valence-corrected chi connectivity index (χ2v) is 6.23. The first-order chi connectivity index (χ1) is 12.7. The molecule has 7 nitrogen and oxygen atoms in total. The van der Waals surface area contributed by atoms with Crippen LogP contribution in [0.4, 0.5) is 0 Å². The van der Waals surface area contributed by atoms with Crippen molar-refractivity contribution in [3.05, 3.63) is 30.1 Å². The van der Waals surface area contributed by atoms with E-state index in [1.54, 1.807) is 7.11 Å². The standard InChI is InChI=1S/C19H30N6O/c1-3-4-5-6-7-8-13-21-19(20)22-14-17-23-18(25-24-17)15-9-11-16(26-2)12-10-15/h9-12H,3-8,13-14H2,1-2H3,(H3,20,21,22)(H,23,24,25). The number of hydrogen-bond acceptors (Lipinski definition) is 4. The molecule has 0 atom stereocenters. The highest BCUT2D eigenvalue weighted by Crippen LogP contribution is 2.18. The molecule has 0 amide bonds. The Balaban J connectivity index is 1.73. The van der Waals surface area contributed by atoms with Gasteiger partial charge in [0.1, 0.15) is 18.1 Å². The lowest BCUT2D eigenvalue weighted by Crippen LogP contribution is -2.32. The molecule has 0 spiro atoms. The van der Waals surface area contributed by atoms with Crippen LogP contribution in [0.5, 0.6) is 5.75 Å². The Bertz CT molecular complexity index is 665. The van der Waals surface area contributed by atoms with E-state index in [0.29, 0.717) is 24.2 Å². The molecule has 0 aliphatic carbocycles. The first kappa shape index (κ1) is 19.8. The molecule has 1 aromatic heterocycles. The number of unbranched alkanes of at least 4 members (excludes halogenated alkanes) is 5. The third-order valence-corrected chi connectivity index (χ3v) is 4.12. The number of guanidine groups is 1. The lowest BCUT2D eigenvalue weighted by molar-refractivity contribution is 0.415. The maximum atomic E-state index is 5.90. The van der Waals surface area contributed by atoms with E-state index in [4.69, 9.17) is 10.5 Å². The van der Waals surface area contributed by atoms with Crippen LogP contribution in [-0.4, -0.2) is 34.8 Å². The monoisotopic (exact) mass is 358 g/mol. The highest BCUT2D eigenvalue weighted by atomic mass is 16.5. The maximum Gasteiger partial charge on any atom is 0.189 e. The highest BCUT2D eigenvalue weighted by molar-refractivity contribution is 5.77. The Morgan fingerprint density at radius 2 is 1.88 bits per heavy atom. The Hall–Kier alpha value is -2.57. The van der Waals surface area contributed by atoms with Crippen LogP contribution in [0.2, 0.25) is 0 Å². The molecule has 2 aromatic rings. The van der Waals surface area contributed by atoms with Crippen molar-refractivity contribution in [2.24, 2.45) is 10.7 Å². The maximum absolute atomic E-state index is 5.90. The van der Waals surface area contributed by atoms with E-state index in [1.807, 2.05) is 24.3 Å². The molecule has 1 aromatic carbocycles. The minimum Gasteiger partial charge on any atom is -0.497 e. The Morgan fingerprint density at radius 1 is 1.15 bits per heavy atom. The first-order valence-corrected chi connectivity index (χ1v) is 9.32. The molecule has 2 rings (SSSR count). The topological polar surface area (TPSA) is 101 Å². The summed E-state index contributed by atoms with van der Waals surface area (Å²) in [7, 11) is 1.64. The van der Waals surface area contributed by atoms with Crippen molar-refractivity contribution in [3.8, 4) is 17.1 Å². The van der Waals surface area contributed by atoms with Gasteiger partial charge in [-0.1, -0.05) is 39.0 Å². The normalized spacial score (nSPS) is 11.5. The molecular weight excluding hydrogens is 328 g/mol. The molecule has 0 saturated carbocycles. The molecule has 0 aliphatic rings. The molecule has 0 radical (unpaired) electrons. The van der Waals surface area contributed by atoms with Crippen molar-refractivity contribution in [3.63, 3.8) is 0 Å². The van der Waals surface area contributed by atoms with Crippen LogP contribution in [-0.2, 0) is 6.54 Å². The van der Waals surface area contributed by atoms with Crippen molar-refractivity contribution in [1.82, 2.24) is 20.5 Å². The third-order valence-electron chi connectivity index (χ3n) is 4.12. The van der Waals surface area contributed by atoms with Crippen LogP contribution >= 0.6 is 0 Å². The van der Waals surface area contributed by atoms with Gasteiger partial charge in [0, 0.05) is 12.1 Å². The molecule has 0 fully saturated rings. The molecular formula is C19H30N6O. The van der Waals surface area contributed by atoms with Crippen LogP contribution in [0.15, 0.2) is 29.3 Å². The Labute approximate surface area is 155 Å². The van der Waals surface area contributed by atoms with E-state index in [1.165, 1.54) is 32.1 Å². The third kappa shape index (κ3) is 6.74. The smallest absolute Gasteiger partial charge is 0.189 e. The van der Waals surface area contributed by atoms with Gasteiger partial charge in [-0.25, -0.2) is 9.98 Å². The number of benzene rings is 1.